The van der Waals surface area contributed by atoms with Gasteiger partial charge in [0.2, 0.25) is 0 Å². The molecule has 90 valence electrons. The summed E-state index contributed by atoms with van der Waals surface area (Å²) in [6, 6.07) is 2.46. The SMILES string of the molecule is N#CC1(c2cscn2)CCC2(CC1)OCCO2. The molecule has 1 spiro atoms. The quantitative estimate of drug-likeness (QED) is 0.767. The standard InChI is InChI=1S/C12H14N2O2S/c13-8-11(10-7-17-9-14-10)1-3-12(4-2-11)15-5-6-16-12/h7,9H,1-6H2. The number of nitriles is 1. The van der Waals surface area contributed by atoms with Crippen LogP contribution in [0.25, 0.3) is 0 Å². The third-order valence-electron chi connectivity index (χ3n) is 3.82. The summed E-state index contributed by atoms with van der Waals surface area (Å²) in [6.07, 6.45) is 3.12. The van der Waals surface area contributed by atoms with Crippen LogP contribution in [0.5, 0.6) is 0 Å². The fourth-order valence-electron chi connectivity index (χ4n) is 2.72. The second-order valence-electron chi connectivity index (χ2n) is 4.68. The van der Waals surface area contributed by atoms with E-state index in [0.717, 1.165) is 31.4 Å². The lowest BCUT2D eigenvalue weighted by atomic mass is 9.71. The third kappa shape index (κ3) is 1.77. The number of aromatic nitrogens is 1. The number of thiazole rings is 1. The number of nitrogens with zero attached hydrogens (tertiary/aromatic N) is 2. The smallest absolute Gasteiger partial charge is 0.168 e. The molecule has 0 atom stereocenters. The van der Waals surface area contributed by atoms with Crippen LogP contribution < -0.4 is 0 Å². The molecule has 4 nitrogen and oxygen atoms in total. The highest BCUT2D eigenvalue weighted by Gasteiger charge is 2.48. The van der Waals surface area contributed by atoms with Gasteiger partial charge in [-0.1, -0.05) is 0 Å². The van der Waals surface area contributed by atoms with E-state index in [0.29, 0.717) is 13.2 Å². The van der Waals surface area contributed by atoms with Crippen LogP contribution in [0, 0.1) is 11.3 Å². The molecule has 0 radical (unpaired) electrons. The fourth-order valence-corrected chi connectivity index (χ4v) is 3.37. The van der Waals surface area contributed by atoms with Crippen molar-refractivity contribution in [2.75, 3.05) is 13.2 Å². The third-order valence-corrected chi connectivity index (χ3v) is 4.40. The summed E-state index contributed by atoms with van der Waals surface area (Å²) < 4.78 is 11.4. The lowest BCUT2D eigenvalue weighted by Gasteiger charge is -2.38. The molecule has 0 N–H and O–H groups in total. The van der Waals surface area contributed by atoms with Crippen molar-refractivity contribution in [3.63, 3.8) is 0 Å². The van der Waals surface area contributed by atoms with Crippen LogP contribution in [0.2, 0.25) is 0 Å². The largest absolute Gasteiger partial charge is 0.348 e. The Bertz CT molecular complexity index is 422. The first-order valence-corrected chi connectivity index (χ1v) is 6.81. The van der Waals surface area contributed by atoms with Gasteiger partial charge in [0.1, 0.15) is 5.41 Å². The molecule has 1 saturated heterocycles. The molecule has 0 aromatic carbocycles. The minimum atomic E-state index is -0.430. The fraction of sp³-hybridized carbons (Fsp3) is 0.667. The summed E-state index contributed by atoms with van der Waals surface area (Å²) in [6.45, 7) is 1.35. The van der Waals surface area contributed by atoms with E-state index in [4.69, 9.17) is 9.47 Å². The minimum Gasteiger partial charge on any atom is -0.348 e. The maximum atomic E-state index is 9.48. The lowest BCUT2D eigenvalue weighted by molar-refractivity contribution is -0.182. The normalized spacial score (nSPS) is 25.8. The van der Waals surface area contributed by atoms with Gasteiger partial charge >= 0.3 is 0 Å². The maximum absolute atomic E-state index is 9.48. The van der Waals surface area contributed by atoms with Crippen LogP contribution in [-0.4, -0.2) is 24.0 Å². The highest BCUT2D eigenvalue weighted by Crippen LogP contribution is 2.45. The molecule has 2 heterocycles. The van der Waals surface area contributed by atoms with Gasteiger partial charge in [-0.25, -0.2) is 4.98 Å². The Kier molecular flexibility index (Phi) is 2.66. The van der Waals surface area contributed by atoms with Gasteiger partial charge in [0.25, 0.3) is 0 Å². The van der Waals surface area contributed by atoms with Crippen molar-refractivity contribution in [2.24, 2.45) is 0 Å². The first kappa shape index (κ1) is 11.1. The molecule has 17 heavy (non-hydrogen) atoms. The van der Waals surface area contributed by atoms with E-state index in [-0.39, 0.29) is 0 Å². The van der Waals surface area contributed by atoms with Crippen molar-refractivity contribution in [2.45, 2.75) is 36.9 Å². The first-order chi connectivity index (χ1) is 8.29. The molecule has 0 amide bonds. The van der Waals surface area contributed by atoms with Crippen LogP contribution in [-0.2, 0) is 14.9 Å². The zero-order valence-corrected chi connectivity index (χ0v) is 10.3. The summed E-state index contributed by atoms with van der Waals surface area (Å²) >= 11 is 1.55. The van der Waals surface area contributed by atoms with Crippen molar-refractivity contribution in [1.29, 1.82) is 5.26 Å². The van der Waals surface area contributed by atoms with Gasteiger partial charge in [0.15, 0.2) is 5.79 Å². The second-order valence-corrected chi connectivity index (χ2v) is 5.39. The predicted octanol–water partition coefficient (Wildman–Crippen LogP) is 2.22. The maximum Gasteiger partial charge on any atom is 0.168 e. The lowest BCUT2D eigenvalue weighted by Crippen LogP contribution is -2.41. The van der Waals surface area contributed by atoms with E-state index < -0.39 is 11.2 Å². The van der Waals surface area contributed by atoms with E-state index in [1.807, 2.05) is 5.38 Å². The number of rotatable bonds is 1. The molecule has 0 bridgehead atoms. The number of hydrogen-bond acceptors (Lipinski definition) is 5. The Balaban J connectivity index is 1.81. The number of ether oxygens (including phenoxy) is 2. The van der Waals surface area contributed by atoms with E-state index in [9.17, 15) is 5.26 Å². The van der Waals surface area contributed by atoms with Crippen LogP contribution in [0.15, 0.2) is 10.9 Å². The Hall–Kier alpha value is -0.960. The van der Waals surface area contributed by atoms with Crippen LogP contribution in [0.4, 0.5) is 0 Å². The van der Waals surface area contributed by atoms with Gasteiger partial charge in [-0.2, -0.15) is 5.26 Å². The Morgan fingerprint density at radius 2 is 1.94 bits per heavy atom. The summed E-state index contributed by atoms with van der Waals surface area (Å²) in [7, 11) is 0. The van der Waals surface area contributed by atoms with Gasteiger partial charge in [-0.15, -0.1) is 11.3 Å². The Labute approximate surface area is 104 Å². The highest BCUT2D eigenvalue weighted by atomic mass is 32.1. The first-order valence-electron chi connectivity index (χ1n) is 5.87. The average molecular weight is 250 g/mol. The zero-order chi connectivity index (χ0) is 11.8. The van der Waals surface area contributed by atoms with E-state index in [1.54, 1.807) is 16.8 Å². The van der Waals surface area contributed by atoms with Crippen molar-refractivity contribution in [1.82, 2.24) is 4.98 Å². The summed E-state index contributed by atoms with van der Waals surface area (Å²) in [5.41, 5.74) is 2.28. The molecule has 2 aliphatic rings. The van der Waals surface area contributed by atoms with Crippen molar-refractivity contribution < 1.29 is 9.47 Å². The second kappa shape index (κ2) is 4.05. The van der Waals surface area contributed by atoms with Gasteiger partial charge in [0.05, 0.1) is 30.5 Å². The van der Waals surface area contributed by atoms with Crippen molar-refractivity contribution in [3.05, 3.63) is 16.6 Å². The predicted molar refractivity (Wildman–Crippen MR) is 62.5 cm³/mol. The highest BCUT2D eigenvalue weighted by molar-refractivity contribution is 7.07. The van der Waals surface area contributed by atoms with Crippen LogP contribution in [0.1, 0.15) is 31.4 Å². The summed E-state index contributed by atoms with van der Waals surface area (Å²) in [5.74, 6) is -0.406. The van der Waals surface area contributed by atoms with Crippen LogP contribution >= 0.6 is 11.3 Å². The monoisotopic (exact) mass is 250 g/mol. The Morgan fingerprint density at radius 3 is 2.47 bits per heavy atom. The molecule has 5 heteroatoms. The van der Waals surface area contributed by atoms with Gasteiger partial charge in [-0.3, -0.25) is 0 Å². The molecule has 0 unspecified atom stereocenters. The molecule has 1 aromatic rings. The van der Waals surface area contributed by atoms with E-state index >= 15 is 0 Å². The molecule has 1 aliphatic heterocycles. The van der Waals surface area contributed by atoms with Gasteiger partial charge in [-0.05, 0) is 12.8 Å². The van der Waals surface area contributed by atoms with Crippen LogP contribution in [0.3, 0.4) is 0 Å². The van der Waals surface area contributed by atoms with E-state index in [1.165, 1.54) is 0 Å². The van der Waals surface area contributed by atoms with Crippen molar-refractivity contribution >= 4 is 11.3 Å². The molecule has 2 fully saturated rings. The van der Waals surface area contributed by atoms with Gasteiger partial charge in [0, 0.05) is 18.2 Å². The minimum absolute atomic E-state index is 0.406. The molecule has 1 saturated carbocycles. The molecule has 1 aromatic heterocycles. The number of hydrogen-bond donors (Lipinski definition) is 0. The summed E-state index contributed by atoms with van der Waals surface area (Å²) in [5, 5.41) is 11.5. The zero-order valence-electron chi connectivity index (χ0n) is 9.52. The van der Waals surface area contributed by atoms with Crippen molar-refractivity contribution in [3.8, 4) is 6.07 Å². The molecule has 1 aliphatic carbocycles. The average Bonchev–Trinajstić information content (AvgIpc) is 3.03. The molecular formula is C12H14N2O2S. The Morgan fingerprint density at radius 1 is 1.24 bits per heavy atom. The summed E-state index contributed by atoms with van der Waals surface area (Å²) in [4.78, 5) is 4.31. The molecular weight excluding hydrogens is 236 g/mol. The van der Waals surface area contributed by atoms with Gasteiger partial charge < -0.3 is 9.47 Å². The topological polar surface area (TPSA) is 55.1 Å². The van der Waals surface area contributed by atoms with E-state index in [2.05, 4.69) is 11.1 Å². The molecule has 3 rings (SSSR count).